The quantitative estimate of drug-likeness (QED) is 0.842. The monoisotopic (exact) mass is 232 g/mol. The van der Waals surface area contributed by atoms with Gasteiger partial charge in [-0.15, -0.1) is 0 Å². The zero-order chi connectivity index (χ0) is 12.1. The summed E-state index contributed by atoms with van der Waals surface area (Å²) in [7, 11) is 0. The Kier molecular flexibility index (Phi) is 3.98. The van der Waals surface area contributed by atoms with Crippen LogP contribution in [0.5, 0.6) is 0 Å². The molecule has 0 unspecified atom stereocenters. The van der Waals surface area contributed by atoms with Gasteiger partial charge in [0.2, 0.25) is 0 Å². The molecular weight excluding hydrogens is 214 g/mol. The summed E-state index contributed by atoms with van der Waals surface area (Å²) in [6.07, 6.45) is 0. The van der Waals surface area contributed by atoms with Crippen molar-refractivity contribution in [3.63, 3.8) is 0 Å². The van der Waals surface area contributed by atoms with Gasteiger partial charge in [-0.3, -0.25) is 4.90 Å². The molecule has 1 aliphatic heterocycles. The van der Waals surface area contributed by atoms with Crippen LogP contribution in [0.3, 0.4) is 0 Å². The van der Waals surface area contributed by atoms with Crippen molar-refractivity contribution in [3.8, 4) is 0 Å². The maximum atomic E-state index is 11.9. The summed E-state index contributed by atoms with van der Waals surface area (Å²) in [5.41, 5.74) is 0.845. The van der Waals surface area contributed by atoms with Gasteiger partial charge < -0.3 is 10.2 Å². The van der Waals surface area contributed by atoms with Crippen molar-refractivity contribution < 1.29 is 4.79 Å². The maximum absolute atomic E-state index is 11.9. The molecule has 1 saturated heterocycles. The number of benzene rings is 1. The highest BCUT2D eigenvalue weighted by Crippen LogP contribution is 2.08. The molecule has 4 heteroatoms. The van der Waals surface area contributed by atoms with E-state index in [1.165, 1.54) is 0 Å². The SMILES string of the molecule is [CH2]CN1CCN(C(=O)Nc2ccccc2)CC1. The molecule has 2 amide bonds. The Labute approximate surface area is 102 Å². The first kappa shape index (κ1) is 11.9. The van der Waals surface area contributed by atoms with E-state index in [0.717, 1.165) is 38.4 Å². The van der Waals surface area contributed by atoms with E-state index in [-0.39, 0.29) is 6.03 Å². The molecule has 4 nitrogen and oxygen atoms in total. The Bertz CT molecular complexity index is 358. The van der Waals surface area contributed by atoms with E-state index in [4.69, 9.17) is 0 Å². The van der Waals surface area contributed by atoms with Gasteiger partial charge in [0.15, 0.2) is 0 Å². The van der Waals surface area contributed by atoms with E-state index < -0.39 is 0 Å². The summed E-state index contributed by atoms with van der Waals surface area (Å²) < 4.78 is 0. The zero-order valence-electron chi connectivity index (χ0n) is 9.93. The van der Waals surface area contributed by atoms with E-state index in [1.54, 1.807) is 0 Å². The standard InChI is InChI=1S/C13H18N3O/c1-2-15-8-10-16(11-9-15)13(17)14-12-6-4-3-5-7-12/h3-7H,1-2,8-11H2,(H,14,17). The van der Waals surface area contributed by atoms with Crippen molar-refractivity contribution >= 4 is 11.7 Å². The number of rotatable bonds is 2. The third kappa shape index (κ3) is 3.20. The number of hydrogen-bond acceptors (Lipinski definition) is 2. The van der Waals surface area contributed by atoms with Gasteiger partial charge in [0.1, 0.15) is 0 Å². The van der Waals surface area contributed by atoms with Crippen LogP contribution in [0.1, 0.15) is 0 Å². The van der Waals surface area contributed by atoms with Crippen LogP contribution in [-0.2, 0) is 0 Å². The molecule has 1 heterocycles. The molecule has 0 spiro atoms. The van der Waals surface area contributed by atoms with E-state index in [9.17, 15) is 4.79 Å². The minimum atomic E-state index is -0.0140. The van der Waals surface area contributed by atoms with Gasteiger partial charge in [-0.2, -0.15) is 0 Å². The lowest BCUT2D eigenvalue weighted by atomic mass is 10.3. The molecule has 2 rings (SSSR count). The van der Waals surface area contributed by atoms with Crippen molar-refractivity contribution in [3.05, 3.63) is 37.3 Å². The van der Waals surface area contributed by atoms with Crippen LogP contribution in [0, 0.1) is 6.92 Å². The second kappa shape index (κ2) is 5.68. The minimum Gasteiger partial charge on any atom is -0.322 e. The Morgan fingerprint density at radius 3 is 2.41 bits per heavy atom. The average molecular weight is 232 g/mol. The Balaban J connectivity index is 1.85. The van der Waals surface area contributed by atoms with Crippen LogP contribution in [-0.4, -0.2) is 48.6 Å². The van der Waals surface area contributed by atoms with Crippen molar-refractivity contribution in [2.75, 3.05) is 38.0 Å². The summed E-state index contributed by atoms with van der Waals surface area (Å²) in [6.45, 7) is 8.03. The molecule has 1 aliphatic rings. The molecule has 91 valence electrons. The molecule has 0 saturated carbocycles. The third-order valence-electron chi connectivity index (χ3n) is 3.00. The van der Waals surface area contributed by atoms with Gasteiger partial charge in [0.05, 0.1) is 0 Å². The lowest BCUT2D eigenvalue weighted by Gasteiger charge is -2.33. The number of urea groups is 1. The highest BCUT2D eigenvalue weighted by Gasteiger charge is 2.19. The number of nitrogens with one attached hydrogen (secondary N) is 1. The van der Waals surface area contributed by atoms with E-state index in [0.29, 0.717) is 0 Å². The molecular formula is C13H18N3O. The fraction of sp³-hybridized carbons (Fsp3) is 0.385. The number of hydrogen-bond donors (Lipinski definition) is 1. The first-order valence-corrected chi connectivity index (χ1v) is 5.92. The van der Waals surface area contributed by atoms with Crippen LogP contribution in [0.15, 0.2) is 30.3 Å². The van der Waals surface area contributed by atoms with Gasteiger partial charge in [0, 0.05) is 31.9 Å². The fourth-order valence-electron chi connectivity index (χ4n) is 1.90. The molecule has 0 atom stereocenters. The normalized spacial score (nSPS) is 16.9. The lowest BCUT2D eigenvalue weighted by Crippen LogP contribution is -2.49. The number of carbonyl (C=O) groups excluding carboxylic acids is 1. The molecule has 0 aromatic heterocycles. The molecule has 17 heavy (non-hydrogen) atoms. The maximum Gasteiger partial charge on any atom is 0.321 e. The average Bonchev–Trinajstić information content (AvgIpc) is 2.40. The summed E-state index contributed by atoms with van der Waals surface area (Å²) in [5.74, 6) is 0. The highest BCUT2D eigenvalue weighted by molar-refractivity contribution is 5.89. The molecule has 1 aromatic carbocycles. The Hall–Kier alpha value is -1.55. The van der Waals surface area contributed by atoms with E-state index in [2.05, 4.69) is 17.1 Å². The van der Waals surface area contributed by atoms with Crippen molar-refractivity contribution in [2.45, 2.75) is 0 Å². The molecule has 0 bridgehead atoms. The summed E-state index contributed by atoms with van der Waals surface area (Å²) in [6, 6.07) is 9.53. The molecule has 1 fully saturated rings. The van der Waals surface area contributed by atoms with Gasteiger partial charge in [-0.25, -0.2) is 4.79 Å². The van der Waals surface area contributed by atoms with Crippen LogP contribution >= 0.6 is 0 Å². The zero-order valence-corrected chi connectivity index (χ0v) is 9.93. The van der Waals surface area contributed by atoms with E-state index in [1.807, 2.05) is 35.2 Å². The highest BCUT2D eigenvalue weighted by atomic mass is 16.2. The number of para-hydroxylation sites is 1. The van der Waals surface area contributed by atoms with Crippen LogP contribution in [0.25, 0.3) is 0 Å². The number of amides is 2. The number of piperazine rings is 1. The predicted octanol–water partition coefficient (Wildman–Crippen LogP) is 1.67. The van der Waals surface area contributed by atoms with Gasteiger partial charge in [0.25, 0.3) is 0 Å². The van der Waals surface area contributed by atoms with Crippen molar-refractivity contribution in [1.82, 2.24) is 9.80 Å². The van der Waals surface area contributed by atoms with Gasteiger partial charge in [-0.1, -0.05) is 18.2 Å². The smallest absolute Gasteiger partial charge is 0.321 e. The van der Waals surface area contributed by atoms with Crippen LogP contribution < -0.4 is 5.32 Å². The minimum absolute atomic E-state index is 0.0140. The lowest BCUT2D eigenvalue weighted by molar-refractivity contribution is 0.155. The molecule has 1 aromatic rings. The second-order valence-corrected chi connectivity index (χ2v) is 4.12. The largest absolute Gasteiger partial charge is 0.322 e. The second-order valence-electron chi connectivity index (χ2n) is 4.12. The summed E-state index contributed by atoms with van der Waals surface area (Å²) in [5, 5.41) is 2.90. The van der Waals surface area contributed by atoms with Gasteiger partial charge in [-0.05, 0) is 25.6 Å². The predicted molar refractivity (Wildman–Crippen MR) is 68.8 cm³/mol. The van der Waals surface area contributed by atoms with Crippen molar-refractivity contribution in [2.24, 2.45) is 0 Å². The molecule has 1 N–H and O–H groups in total. The fourth-order valence-corrected chi connectivity index (χ4v) is 1.90. The van der Waals surface area contributed by atoms with E-state index >= 15 is 0 Å². The molecule has 1 radical (unpaired) electrons. The van der Waals surface area contributed by atoms with Crippen LogP contribution in [0.2, 0.25) is 0 Å². The van der Waals surface area contributed by atoms with Crippen LogP contribution in [0.4, 0.5) is 10.5 Å². The topological polar surface area (TPSA) is 35.6 Å². The number of anilines is 1. The number of carbonyl (C=O) groups is 1. The first-order chi connectivity index (χ1) is 8.29. The first-order valence-electron chi connectivity index (χ1n) is 5.92. The number of nitrogens with zero attached hydrogens (tertiary/aromatic N) is 2. The Morgan fingerprint density at radius 2 is 1.82 bits per heavy atom. The van der Waals surface area contributed by atoms with Crippen molar-refractivity contribution in [1.29, 1.82) is 0 Å². The molecule has 0 aliphatic carbocycles. The summed E-state index contributed by atoms with van der Waals surface area (Å²) >= 11 is 0. The third-order valence-corrected chi connectivity index (χ3v) is 3.00. The summed E-state index contributed by atoms with van der Waals surface area (Å²) in [4.78, 5) is 16.0. The Morgan fingerprint density at radius 1 is 1.18 bits per heavy atom. The van der Waals surface area contributed by atoms with Gasteiger partial charge >= 0.3 is 6.03 Å².